The monoisotopic (exact) mass is 355 g/mol. The predicted octanol–water partition coefficient (Wildman–Crippen LogP) is 3.70. The van der Waals surface area contributed by atoms with E-state index in [1.807, 2.05) is 23.1 Å². The van der Waals surface area contributed by atoms with E-state index < -0.39 is 5.97 Å². The van der Waals surface area contributed by atoms with Gasteiger partial charge >= 0.3 is 5.97 Å². The van der Waals surface area contributed by atoms with Crippen LogP contribution in [0.25, 0.3) is 0 Å². The van der Waals surface area contributed by atoms with Gasteiger partial charge < -0.3 is 14.4 Å². The van der Waals surface area contributed by atoms with Crippen molar-refractivity contribution in [3.63, 3.8) is 0 Å². The Morgan fingerprint density at radius 2 is 2.00 bits per heavy atom. The van der Waals surface area contributed by atoms with Gasteiger partial charge in [0, 0.05) is 18.7 Å². The second-order valence-electron chi connectivity index (χ2n) is 7.56. The molecule has 0 spiro atoms. The van der Waals surface area contributed by atoms with Crippen LogP contribution in [0.3, 0.4) is 0 Å². The van der Waals surface area contributed by atoms with Crippen LogP contribution >= 0.6 is 0 Å². The second kappa shape index (κ2) is 7.36. The summed E-state index contributed by atoms with van der Waals surface area (Å²) in [6.45, 7) is 5.40. The Balaban J connectivity index is 1.67. The molecular weight excluding hydrogens is 330 g/mol. The SMILES string of the molecule is Cc1coc(CC(=O)O)c1C(=O)N1CCC(C)(CCc2ccccc2)C1. The molecule has 1 atom stereocenters. The predicted molar refractivity (Wildman–Crippen MR) is 98.2 cm³/mol. The molecule has 1 amide bonds. The Labute approximate surface area is 153 Å². The van der Waals surface area contributed by atoms with Gasteiger partial charge in [0.25, 0.3) is 5.91 Å². The molecule has 2 aromatic rings. The van der Waals surface area contributed by atoms with Crippen LogP contribution in [-0.2, 0) is 17.6 Å². The minimum Gasteiger partial charge on any atom is -0.481 e. The number of furan rings is 1. The zero-order valence-electron chi connectivity index (χ0n) is 15.3. The van der Waals surface area contributed by atoms with Crippen LogP contribution in [0.5, 0.6) is 0 Å². The number of aliphatic carboxylic acids is 1. The van der Waals surface area contributed by atoms with Gasteiger partial charge in [-0.25, -0.2) is 0 Å². The molecule has 1 N–H and O–H groups in total. The molecule has 1 aromatic carbocycles. The molecule has 1 unspecified atom stereocenters. The Morgan fingerprint density at radius 1 is 1.27 bits per heavy atom. The third-order valence-electron chi connectivity index (χ3n) is 5.28. The van der Waals surface area contributed by atoms with Gasteiger partial charge in [0.1, 0.15) is 12.2 Å². The van der Waals surface area contributed by atoms with Crippen LogP contribution in [0.2, 0.25) is 0 Å². The third kappa shape index (κ3) is 3.98. The number of likely N-dealkylation sites (tertiary alicyclic amines) is 1. The number of carbonyl (C=O) groups is 2. The average molecular weight is 355 g/mol. The minimum atomic E-state index is -0.998. The van der Waals surface area contributed by atoms with Gasteiger partial charge in [-0.3, -0.25) is 9.59 Å². The quantitative estimate of drug-likeness (QED) is 0.858. The first-order valence-electron chi connectivity index (χ1n) is 9.00. The summed E-state index contributed by atoms with van der Waals surface area (Å²) >= 11 is 0. The number of carboxylic acid groups (broad SMARTS) is 1. The highest BCUT2D eigenvalue weighted by Crippen LogP contribution is 2.36. The topological polar surface area (TPSA) is 70.7 Å². The van der Waals surface area contributed by atoms with E-state index in [1.165, 1.54) is 11.8 Å². The van der Waals surface area contributed by atoms with Gasteiger partial charge in [-0.1, -0.05) is 37.3 Å². The lowest BCUT2D eigenvalue weighted by Crippen LogP contribution is -2.32. The molecule has 1 aromatic heterocycles. The molecule has 5 heteroatoms. The molecule has 1 aliphatic rings. The Morgan fingerprint density at radius 3 is 2.69 bits per heavy atom. The molecule has 1 fully saturated rings. The zero-order valence-corrected chi connectivity index (χ0v) is 15.3. The largest absolute Gasteiger partial charge is 0.481 e. The van der Waals surface area contributed by atoms with E-state index in [0.717, 1.165) is 19.3 Å². The van der Waals surface area contributed by atoms with Crippen molar-refractivity contribution >= 4 is 11.9 Å². The Bertz CT molecular complexity index is 796. The lowest BCUT2D eigenvalue weighted by atomic mass is 9.83. The van der Waals surface area contributed by atoms with E-state index in [9.17, 15) is 9.59 Å². The Hall–Kier alpha value is -2.56. The third-order valence-corrected chi connectivity index (χ3v) is 5.28. The molecule has 0 bridgehead atoms. The van der Waals surface area contributed by atoms with Crippen LogP contribution in [0.4, 0.5) is 0 Å². The van der Waals surface area contributed by atoms with Crippen molar-refractivity contribution in [1.82, 2.24) is 4.90 Å². The maximum absolute atomic E-state index is 13.0. The smallest absolute Gasteiger partial charge is 0.311 e. The lowest BCUT2D eigenvalue weighted by molar-refractivity contribution is -0.136. The van der Waals surface area contributed by atoms with Gasteiger partial charge in [-0.05, 0) is 37.2 Å². The number of hydrogen-bond donors (Lipinski definition) is 1. The first-order valence-corrected chi connectivity index (χ1v) is 9.00. The molecule has 138 valence electrons. The molecule has 2 heterocycles. The first-order chi connectivity index (χ1) is 12.4. The van der Waals surface area contributed by atoms with Crippen LogP contribution in [0, 0.1) is 12.3 Å². The van der Waals surface area contributed by atoms with Crippen molar-refractivity contribution in [1.29, 1.82) is 0 Å². The van der Waals surface area contributed by atoms with Crippen molar-refractivity contribution in [3.05, 3.63) is 59.0 Å². The molecule has 3 rings (SSSR count). The maximum atomic E-state index is 13.0. The number of nitrogens with zero attached hydrogens (tertiary/aromatic N) is 1. The highest BCUT2D eigenvalue weighted by molar-refractivity contribution is 5.97. The molecule has 26 heavy (non-hydrogen) atoms. The fourth-order valence-corrected chi connectivity index (χ4v) is 3.70. The van der Waals surface area contributed by atoms with Gasteiger partial charge in [0.05, 0.1) is 11.8 Å². The molecule has 5 nitrogen and oxygen atoms in total. The molecule has 1 saturated heterocycles. The number of amides is 1. The van der Waals surface area contributed by atoms with Crippen molar-refractivity contribution in [2.45, 2.75) is 39.5 Å². The minimum absolute atomic E-state index is 0.0795. The summed E-state index contributed by atoms with van der Waals surface area (Å²) in [5.74, 6) is -0.864. The summed E-state index contributed by atoms with van der Waals surface area (Å²) in [4.78, 5) is 25.8. The highest BCUT2D eigenvalue weighted by atomic mass is 16.4. The van der Waals surface area contributed by atoms with Gasteiger partial charge in [-0.15, -0.1) is 0 Å². The summed E-state index contributed by atoms with van der Waals surface area (Å²) in [7, 11) is 0. The molecule has 1 aliphatic heterocycles. The number of rotatable bonds is 6. The number of benzene rings is 1. The standard InChI is InChI=1S/C21H25NO4/c1-15-13-26-17(12-18(23)24)19(15)20(25)22-11-10-21(2,14-22)9-8-16-6-4-3-5-7-16/h3-7,13H,8-12,14H2,1-2H3,(H,23,24). The van der Waals surface area contributed by atoms with E-state index in [1.54, 1.807) is 6.92 Å². The number of carboxylic acids is 1. The van der Waals surface area contributed by atoms with Crippen LogP contribution in [0.1, 0.15) is 47.0 Å². The molecule has 0 radical (unpaired) electrons. The van der Waals surface area contributed by atoms with Gasteiger partial charge in [-0.2, -0.15) is 0 Å². The van der Waals surface area contributed by atoms with E-state index in [-0.39, 0.29) is 23.5 Å². The van der Waals surface area contributed by atoms with E-state index in [0.29, 0.717) is 24.2 Å². The fourth-order valence-electron chi connectivity index (χ4n) is 3.70. The summed E-state index contributed by atoms with van der Waals surface area (Å²) < 4.78 is 5.32. The van der Waals surface area contributed by atoms with E-state index in [2.05, 4.69) is 19.1 Å². The zero-order chi connectivity index (χ0) is 18.7. The highest BCUT2D eigenvalue weighted by Gasteiger charge is 2.37. The molecule has 0 saturated carbocycles. The number of carbonyl (C=O) groups excluding carboxylic acids is 1. The van der Waals surface area contributed by atoms with E-state index in [4.69, 9.17) is 9.52 Å². The van der Waals surface area contributed by atoms with Crippen molar-refractivity contribution in [2.24, 2.45) is 5.41 Å². The van der Waals surface area contributed by atoms with Crippen molar-refractivity contribution < 1.29 is 19.1 Å². The summed E-state index contributed by atoms with van der Waals surface area (Å²) in [6, 6.07) is 10.4. The van der Waals surface area contributed by atoms with Gasteiger partial charge in [0.2, 0.25) is 0 Å². The Kier molecular flexibility index (Phi) is 5.16. The normalized spacial score (nSPS) is 19.7. The van der Waals surface area contributed by atoms with Crippen molar-refractivity contribution in [3.8, 4) is 0 Å². The number of aryl methyl sites for hydroxylation is 2. The van der Waals surface area contributed by atoms with Crippen LogP contribution in [0.15, 0.2) is 41.0 Å². The molecular formula is C21H25NO4. The fraction of sp³-hybridized carbons (Fsp3) is 0.429. The maximum Gasteiger partial charge on any atom is 0.311 e. The van der Waals surface area contributed by atoms with Crippen molar-refractivity contribution in [2.75, 3.05) is 13.1 Å². The molecule has 0 aliphatic carbocycles. The number of hydrogen-bond acceptors (Lipinski definition) is 3. The first kappa shape index (κ1) is 18.2. The average Bonchev–Trinajstić information content (AvgIpc) is 3.17. The summed E-state index contributed by atoms with van der Waals surface area (Å²) in [5, 5.41) is 9.02. The second-order valence-corrected chi connectivity index (χ2v) is 7.56. The van der Waals surface area contributed by atoms with Crippen LogP contribution < -0.4 is 0 Å². The van der Waals surface area contributed by atoms with E-state index >= 15 is 0 Å². The summed E-state index contributed by atoms with van der Waals surface area (Å²) in [6.07, 6.45) is 4.17. The summed E-state index contributed by atoms with van der Waals surface area (Å²) in [5.41, 5.74) is 2.51. The van der Waals surface area contributed by atoms with Gasteiger partial charge in [0.15, 0.2) is 0 Å². The van der Waals surface area contributed by atoms with Crippen LogP contribution in [-0.4, -0.2) is 35.0 Å². The lowest BCUT2D eigenvalue weighted by Gasteiger charge is -2.25.